The molecule has 2 aromatic heterocycles. The van der Waals surface area contributed by atoms with Gasteiger partial charge >= 0.3 is 5.69 Å². The molecule has 0 spiro atoms. The number of aryl methyl sites for hydroxylation is 2. The fourth-order valence-electron chi connectivity index (χ4n) is 2.56. The molecule has 0 atom stereocenters. The van der Waals surface area contributed by atoms with E-state index in [0.29, 0.717) is 22.7 Å². The lowest BCUT2D eigenvalue weighted by Crippen LogP contribution is -2.30. The predicted molar refractivity (Wildman–Crippen MR) is 99.4 cm³/mol. The summed E-state index contributed by atoms with van der Waals surface area (Å²) in [5, 5.41) is 15.9. The van der Waals surface area contributed by atoms with Gasteiger partial charge in [0.25, 0.3) is 5.91 Å². The Labute approximate surface area is 159 Å². The van der Waals surface area contributed by atoms with Crippen LogP contribution in [0.15, 0.2) is 36.7 Å². The minimum absolute atomic E-state index is 0.00760. The summed E-state index contributed by atoms with van der Waals surface area (Å²) in [6.45, 7) is 3.52. The maximum atomic E-state index is 12.3. The van der Waals surface area contributed by atoms with Gasteiger partial charge in [0.2, 0.25) is 11.6 Å². The Morgan fingerprint density at radius 3 is 2.50 bits per heavy atom. The van der Waals surface area contributed by atoms with Gasteiger partial charge in [0.05, 0.1) is 17.7 Å². The monoisotopic (exact) mass is 383 g/mol. The van der Waals surface area contributed by atoms with Gasteiger partial charge in [-0.25, -0.2) is 14.6 Å². The van der Waals surface area contributed by atoms with Crippen molar-refractivity contribution in [3.63, 3.8) is 0 Å². The van der Waals surface area contributed by atoms with Crippen molar-refractivity contribution in [1.29, 1.82) is 0 Å². The Kier molecular flexibility index (Phi) is 5.16. The normalized spacial score (nSPS) is 10.4. The molecule has 0 saturated carbocycles. The molecule has 28 heavy (non-hydrogen) atoms. The highest BCUT2D eigenvalue weighted by Crippen LogP contribution is 2.28. The van der Waals surface area contributed by atoms with Gasteiger partial charge in [0.15, 0.2) is 0 Å². The summed E-state index contributed by atoms with van der Waals surface area (Å²) in [7, 11) is 1.52. The van der Waals surface area contributed by atoms with Gasteiger partial charge < -0.3 is 4.74 Å². The molecule has 11 heteroatoms. The summed E-state index contributed by atoms with van der Waals surface area (Å²) >= 11 is 0. The molecule has 1 aromatic carbocycles. The van der Waals surface area contributed by atoms with Crippen molar-refractivity contribution in [2.24, 2.45) is 0 Å². The number of carbonyl (C=O) groups is 1. The van der Waals surface area contributed by atoms with Gasteiger partial charge in [-0.1, -0.05) is 0 Å². The minimum Gasteiger partial charge on any atom is -0.497 e. The van der Waals surface area contributed by atoms with Crippen molar-refractivity contribution >= 4 is 17.4 Å². The lowest BCUT2D eigenvalue weighted by molar-refractivity contribution is -0.384. The molecule has 3 aromatic rings. The van der Waals surface area contributed by atoms with Crippen LogP contribution in [0.1, 0.15) is 21.7 Å². The van der Waals surface area contributed by atoms with Gasteiger partial charge in [-0.2, -0.15) is 5.10 Å². The number of benzene rings is 1. The highest BCUT2D eigenvalue weighted by molar-refractivity contribution is 5.95. The largest absolute Gasteiger partial charge is 0.497 e. The molecule has 0 fully saturated rings. The molecule has 0 saturated heterocycles. The van der Waals surface area contributed by atoms with E-state index in [9.17, 15) is 14.9 Å². The Hall–Kier alpha value is -4.02. The number of ether oxygens (including phenoxy) is 1. The first-order valence-electron chi connectivity index (χ1n) is 8.14. The topological polar surface area (TPSA) is 137 Å². The van der Waals surface area contributed by atoms with Crippen molar-refractivity contribution in [3.8, 4) is 11.6 Å². The van der Waals surface area contributed by atoms with E-state index in [1.807, 2.05) is 0 Å². The summed E-state index contributed by atoms with van der Waals surface area (Å²) in [5.74, 6) is -0.0649. The van der Waals surface area contributed by atoms with E-state index in [4.69, 9.17) is 4.74 Å². The SMILES string of the molecule is COc1ccc(C(=O)NNc2ncnc(-n3nc(C)cc3C)c2[N+](=O)[O-])cc1. The molecule has 144 valence electrons. The highest BCUT2D eigenvalue weighted by Gasteiger charge is 2.26. The first-order chi connectivity index (χ1) is 13.4. The Morgan fingerprint density at radius 1 is 1.21 bits per heavy atom. The molecular formula is C17H17N7O4. The third-order valence-electron chi connectivity index (χ3n) is 3.84. The number of nitro groups is 1. The zero-order valence-electron chi connectivity index (χ0n) is 15.3. The van der Waals surface area contributed by atoms with Crippen LogP contribution in [0.4, 0.5) is 11.5 Å². The molecule has 0 bridgehead atoms. The van der Waals surface area contributed by atoms with Crippen molar-refractivity contribution in [2.75, 3.05) is 12.5 Å². The number of carbonyl (C=O) groups excluding carboxylic acids is 1. The van der Waals surface area contributed by atoms with Crippen molar-refractivity contribution in [2.45, 2.75) is 13.8 Å². The fraction of sp³-hybridized carbons (Fsp3) is 0.176. The van der Waals surface area contributed by atoms with E-state index in [1.54, 1.807) is 44.2 Å². The van der Waals surface area contributed by atoms with Crippen LogP contribution in [0.2, 0.25) is 0 Å². The number of nitrogens with zero attached hydrogens (tertiary/aromatic N) is 5. The number of nitrogens with one attached hydrogen (secondary N) is 2. The van der Waals surface area contributed by atoms with E-state index in [1.165, 1.54) is 11.8 Å². The van der Waals surface area contributed by atoms with Crippen LogP contribution in [-0.2, 0) is 0 Å². The smallest absolute Gasteiger partial charge is 0.357 e. The summed E-state index contributed by atoms with van der Waals surface area (Å²) in [6.07, 6.45) is 1.15. The summed E-state index contributed by atoms with van der Waals surface area (Å²) in [5.41, 5.74) is 6.17. The minimum atomic E-state index is -0.631. The van der Waals surface area contributed by atoms with E-state index >= 15 is 0 Å². The van der Waals surface area contributed by atoms with E-state index in [2.05, 4.69) is 25.9 Å². The quantitative estimate of drug-likeness (QED) is 0.487. The van der Waals surface area contributed by atoms with Crippen LogP contribution in [0.25, 0.3) is 5.82 Å². The Balaban J connectivity index is 1.87. The summed E-state index contributed by atoms with van der Waals surface area (Å²) in [6, 6.07) is 8.15. The van der Waals surface area contributed by atoms with Crippen LogP contribution < -0.4 is 15.6 Å². The van der Waals surface area contributed by atoms with E-state index in [-0.39, 0.29) is 11.6 Å². The number of hydrogen-bond acceptors (Lipinski definition) is 8. The van der Waals surface area contributed by atoms with Gasteiger partial charge in [-0.15, -0.1) is 0 Å². The number of aromatic nitrogens is 4. The molecular weight excluding hydrogens is 366 g/mol. The Bertz CT molecular complexity index is 1030. The molecule has 2 N–H and O–H groups in total. The number of hydrogen-bond donors (Lipinski definition) is 2. The maximum Gasteiger partial charge on any atom is 0.357 e. The lowest BCUT2D eigenvalue weighted by Gasteiger charge is -2.10. The van der Waals surface area contributed by atoms with Gasteiger partial charge in [0, 0.05) is 11.3 Å². The van der Waals surface area contributed by atoms with Gasteiger partial charge in [0.1, 0.15) is 12.1 Å². The number of rotatable bonds is 6. The predicted octanol–water partition coefficient (Wildman–Crippen LogP) is 1.95. The summed E-state index contributed by atoms with van der Waals surface area (Å²) in [4.78, 5) is 31.1. The van der Waals surface area contributed by atoms with Crippen molar-refractivity contribution in [3.05, 3.63) is 63.7 Å². The van der Waals surface area contributed by atoms with Crippen molar-refractivity contribution < 1.29 is 14.5 Å². The van der Waals surface area contributed by atoms with Crippen molar-refractivity contribution in [1.82, 2.24) is 25.2 Å². The second-order valence-corrected chi connectivity index (χ2v) is 5.80. The zero-order valence-corrected chi connectivity index (χ0v) is 15.3. The molecule has 0 aliphatic carbocycles. The average molecular weight is 383 g/mol. The molecule has 0 aliphatic heterocycles. The number of methoxy groups -OCH3 is 1. The second kappa shape index (κ2) is 7.70. The molecule has 11 nitrogen and oxygen atoms in total. The third kappa shape index (κ3) is 3.72. The standard InChI is InChI=1S/C17H17N7O4/c1-10-8-11(2)23(22-10)16-14(24(26)27)15(18-9-19-16)20-21-17(25)12-4-6-13(28-3)7-5-12/h4-9H,1-3H3,(H,21,25)(H,18,19,20). The van der Waals surface area contributed by atoms with Crippen LogP contribution in [0.3, 0.4) is 0 Å². The van der Waals surface area contributed by atoms with Gasteiger partial charge in [-0.05, 0) is 44.2 Å². The molecule has 0 radical (unpaired) electrons. The van der Waals surface area contributed by atoms with E-state index in [0.717, 1.165) is 6.33 Å². The Morgan fingerprint density at radius 2 is 1.93 bits per heavy atom. The first-order valence-corrected chi connectivity index (χ1v) is 8.14. The van der Waals surface area contributed by atoms with Crippen LogP contribution in [0, 0.1) is 24.0 Å². The number of anilines is 1. The molecule has 1 amide bonds. The molecule has 3 rings (SSSR count). The highest BCUT2D eigenvalue weighted by atomic mass is 16.6. The number of amides is 1. The second-order valence-electron chi connectivity index (χ2n) is 5.80. The summed E-state index contributed by atoms with van der Waals surface area (Å²) < 4.78 is 6.39. The third-order valence-corrected chi connectivity index (χ3v) is 3.84. The number of hydrazine groups is 1. The first kappa shape index (κ1) is 18.8. The van der Waals surface area contributed by atoms with Crippen LogP contribution in [0.5, 0.6) is 5.75 Å². The average Bonchev–Trinajstić information content (AvgIpc) is 3.03. The van der Waals surface area contributed by atoms with Crippen LogP contribution >= 0.6 is 0 Å². The van der Waals surface area contributed by atoms with E-state index < -0.39 is 16.5 Å². The van der Waals surface area contributed by atoms with Gasteiger partial charge in [-0.3, -0.25) is 25.8 Å². The fourth-order valence-corrected chi connectivity index (χ4v) is 2.56. The molecule has 2 heterocycles. The molecule has 0 aliphatic rings. The van der Waals surface area contributed by atoms with Crippen LogP contribution in [-0.4, -0.2) is 37.7 Å². The molecule has 0 unspecified atom stereocenters. The zero-order chi connectivity index (χ0) is 20.3. The lowest BCUT2D eigenvalue weighted by atomic mass is 10.2. The maximum absolute atomic E-state index is 12.3.